The average molecular weight is 295 g/mol. The summed E-state index contributed by atoms with van der Waals surface area (Å²) in [4.78, 5) is 28.1. The van der Waals surface area contributed by atoms with Gasteiger partial charge in [-0.25, -0.2) is 9.36 Å². The van der Waals surface area contributed by atoms with Crippen molar-refractivity contribution in [2.45, 2.75) is 31.1 Å². The molecule has 0 aliphatic carbocycles. The quantitative estimate of drug-likeness (QED) is 0.474. The Bertz CT molecular complexity index is 880. The topological polar surface area (TPSA) is 138 Å². The van der Waals surface area contributed by atoms with Gasteiger partial charge in [-0.05, 0) is 0 Å². The lowest BCUT2D eigenvalue weighted by Gasteiger charge is -2.20. The van der Waals surface area contributed by atoms with E-state index in [0.717, 1.165) is 9.13 Å². The zero-order valence-electron chi connectivity index (χ0n) is 11.0. The molecule has 4 atom stereocenters. The molecule has 0 radical (unpaired) electrons. The number of aromatic nitrogens is 4. The fourth-order valence-electron chi connectivity index (χ4n) is 3.12. The number of aryl methyl sites for hydroxylation is 1. The summed E-state index contributed by atoms with van der Waals surface area (Å²) in [7, 11) is 1.43. The molecule has 2 aliphatic heterocycles. The van der Waals surface area contributed by atoms with Crippen LogP contribution in [0.5, 0.6) is 0 Å². The van der Waals surface area contributed by atoms with E-state index in [0.29, 0.717) is 0 Å². The number of nitrogens with two attached hydrogens (primary N) is 1. The van der Waals surface area contributed by atoms with Crippen LogP contribution in [0.4, 0.5) is 5.95 Å². The number of ether oxygens (including phenoxy) is 1. The zero-order chi connectivity index (χ0) is 15.0. The Kier molecular flexibility index (Phi) is 2.23. The van der Waals surface area contributed by atoms with Gasteiger partial charge in [0, 0.05) is 7.05 Å². The maximum Gasteiger partial charge on any atom is 0.332 e. The highest BCUT2D eigenvalue weighted by Crippen LogP contribution is 2.34. The van der Waals surface area contributed by atoms with Crippen molar-refractivity contribution >= 4 is 17.1 Å². The van der Waals surface area contributed by atoms with E-state index in [-0.39, 0.29) is 23.7 Å². The molecular weight excluding hydrogens is 282 g/mol. The van der Waals surface area contributed by atoms with Gasteiger partial charge in [-0.15, -0.1) is 0 Å². The highest BCUT2D eigenvalue weighted by atomic mass is 16.6. The van der Waals surface area contributed by atoms with Crippen LogP contribution in [0.15, 0.2) is 9.59 Å². The van der Waals surface area contributed by atoms with Gasteiger partial charge in [-0.3, -0.25) is 13.9 Å². The van der Waals surface area contributed by atoms with Crippen LogP contribution in [-0.2, 0) is 18.3 Å². The molecule has 2 aliphatic rings. The molecule has 10 nitrogen and oxygen atoms in total. The monoisotopic (exact) mass is 295 g/mol. The summed E-state index contributed by atoms with van der Waals surface area (Å²) < 4.78 is 9.30. The van der Waals surface area contributed by atoms with E-state index in [1.54, 1.807) is 0 Å². The number of imidazole rings is 1. The molecule has 2 aromatic heterocycles. The van der Waals surface area contributed by atoms with Gasteiger partial charge in [0.2, 0.25) is 5.95 Å². The summed E-state index contributed by atoms with van der Waals surface area (Å²) >= 11 is 0. The van der Waals surface area contributed by atoms with Gasteiger partial charge in [-0.1, -0.05) is 0 Å². The largest absolute Gasteiger partial charge is 0.387 e. The van der Waals surface area contributed by atoms with E-state index in [1.807, 2.05) is 0 Å². The van der Waals surface area contributed by atoms with Crippen molar-refractivity contribution in [3.8, 4) is 0 Å². The minimum absolute atomic E-state index is 0.0651. The lowest BCUT2D eigenvalue weighted by atomic mass is 10.1. The summed E-state index contributed by atoms with van der Waals surface area (Å²) in [5.74, 6) is -0.0651. The van der Waals surface area contributed by atoms with Crippen molar-refractivity contribution in [3.63, 3.8) is 0 Å². The lowest BCUT2D eigenvalue weighted by Crippen LogP contribution is -2.38. The van der Waals surface area contributed by atoms with Crippen LogP contribution < -0.4 is 17.0 Å². The average Bonchev–Trinajstić information content (AvgIpc) is 2.77. The third kappa shape index (κ3) is 1.34. The SMILES string of the molecule is Cn1c(=O)n2c3c1c(=O)nc(N)n3C[C@H]1O[C@@H]2[C@H](O)[C@@H]1O. The first-order valence-electron chi connectivity index (χ1n) is 6.40. The molecule has 0 saturated carbocycles. The molecule has 4 heterocycles. The zero-order valence-corrected chi connectivity index (χ0v) is 11.0. The number of nitrogens with zero attached hydrogens (tertiary/aromatic N) is 4. The number of fused-ring (bicyclic) bond motifs is 3. The Hall–Kier alpha value is -2.17. The third-order valence-electron chi connectivity index (χ3n) is 4.17. The Morgan fingerprint density at radius 2 is 2.05 bits per heavy atom. The molecule has 0 aromatic carbocycles. The second-order valence-corrected chi connectivity index (χ2v) is 5.32. The number of aliphatic hydroxyl groups excluding tert-OH is 2. The van der Waals surface area contributed by atoms with Crippen LogP contribution in [0.25, 0.3) is 11.2 Å². The third-order valence-corrected chi connectivity index (χ3v) is 4.17. The maximum absolute atomic E-state index is 12.4. The van der Waals surface area contributed by atoms with E-state index < -0.39 is 35.8 Å². The standard InChI is InChI=1S/C11H13N5O5/c1-14-4-7(19)13-10(12)15-2-3-5(17)6(18)9(21-3)16(8(4)15)11(14)20/h3,5-6,9,17-18H,2H2,1H3,(H2,12,13,19)/t3-,5-,6-,9-/m1/s1. The number of hydrogen-bond acceptors (Lipinski definition) is 7. The number of nitrogen functional groups attached to an aromatic ring is 1. The molecular formula is C11H13N5O5. The summed E-state index contributed by atoms with van der Waals surface area (Å²) in [6.07, 6.45) is -4.19. The highest BCUT2D eigenvalue weighted by molar-refractivity contribution is 5.73. The lowest BCUT2D eigenvalue weighted by molar-refractivity contribution is -0.0350. The summed E-state index contributed by atoms with van der Waals surface area (Å²) in [5.41, 5.74) is 4.95. The van der Waals surface area contributed by atoms with Gasteiger partial charge in [0.15, 0.2) is 17.4 Å². The molecule has 0 unspecified atom stereocenters. The second-order valence-electron chi connectivity index (χ2n) is 5.32. The number of hydrogen-bond donors (Lipinski definition) is 3. The van der Waals surface area contributed by atoms with Crippen LogP contribution in [0, 0.1) is 0 Å². The Labute approximate surface area is 116 Å². The van der Waals surface area contributed by atoms with Crippen LogP contribution in [0.1, 0.15) is 6.23 Å². The normalized spacial score (nSPS) is 30.8. The van der Waals surface area contributed by atoms with Gasteiger partial charge in [0.25, 0.3) is 0 Å². The van der Waals surface area contributed by atoms with Crippen molar-refractivity contribution in [1.82, 2.24) is 18.7 Å². The van der Waals surface area contributed by atoms with E-state index in [1.165, 1.54) is 11.6 Å². The second kappa shape index (κ2) is 3.72. The van der Waals surface area contributed by atoms with Crippen LogP contribution in [-0.4, -0.2) is 47.2 Å². The van der Waals surface area contributed by atoms with Crippen LogP contribution in [0.2, 0.25) is 0 Å². The first-order valence-corrected chi connectivity index (χ1v) is 6.40. The van der Waals surface area contributed by atoms with E-state index >= 15 is 0 Å². The Balaban J connectivity index is 2.21. The molecule has 1 saturated heterocycles. The molecule has 112 valence electrons. The number of anilines is 1. The number of aliphatic hydroxyl groups is 2. The molecule has 2 aromatic rings. The number of rotatable bonds is 0. The minimum atomic E-state index is -1.25. The van der Waals surface area contributed by atoms with Gasteiger partial charge in [0.05, 0.1) is 6.54 Å². The smallest absolute Gasteiger partial charge is 0.332 e. The fraction of sp³-hybridized carbons (Fsp3) is 0.545. The van der Waals surface area contributed by atoms with E-state index in [2.05, 4.69) is 4.98 Å². The van der Waals surface area contributed by atoms with Crippen LogP contribution >= 0.6 is 0 Å². The van der Waals surface area contributed by atoms with Crippen molar-refractivity contribution in [3.05, 3.63) is 20.8 Å². The summed E-state index contributed by atoms with van der Waals surface area (Å²) in [5, 5.41) is 20.0. The molecule has 4 N–H and O–H groups in total. The first kappa shape index (κ1) is 12.6. The molecule has 10 heteroatoms. The Morgan fingerprint density at radius 3 is 2.76 bits per heavy atom. The minimum Gasteiger partial charge on any atom is -0.387 e. The summed E-state index contributed by atoms with van der Waals surface area (Å²) in [6, 6.07) is 0. The van der Waals surface area contributed by atoms with Gasteiger partial charge >= 0.3 is 11.2 Å². The molecule has 2 bridgehead atoms. The highest BCUT2D eigenvalue weighted by Gasteiger charge is 2.48. The fourth-order valence-corrected chi connectivity index (χ4v) is 3.12. The molecule has 21 heavy (non-hydrogen) atoms. The molecule has 0 spiro atoms. The molecule has 1 fully saturated rings. The van der Waals surface area contributed by atoms with E-state index in [4.69, 9.17) is 10.5 Å². The Morgan fingerprint density at radius 1 is 1.33 bits per heavy atom. The summed E-state index contributed by atoms with van der Waals surface area (Å²) in [6.45, 7) is 0.0911. The predicted octanol–water partition coefficient (Wildman–Crippen LogP) is -2.89. The van der Waals surface area contributed by atoms with Crippen molar-refractivity contribution < 1.29 is 14.9 Å². The van der Waals surface area contributed by atoms with Crippen LogP contribution in [0.3, 0.4) is 0 Å². The molecule has 0 amide bonds. The van der Waals surface area contributed by atoms with Gasteiger partial charge in [0.1, 0.15) is 18.3 Å². The van der Waals surface area contributed by atoms with Gasteiger partial charge < -0.3 is 20.7 Å². The molecule has 4 rings (SSSR count). The van der Waals surface area contributed by atoms with Crippen molar-refractivity contribution in [2.24, 2.45) is 7.05 Å². The predicted molar refractivity (Wildman–Crippen MR) is 69.6 cm³/mol. The maximum atomic E-state index is 12.4. The van der Waals surface area contributed by atoms with Crippen molar-refractivity contribution in [1.29, 1.82) is 0 Å². The van der Waals surface area contributed by atoms with Gasteiger partial charge in [-0.2, -0.15) is 4.98 Å². The van der Waals surface area contributed by atoms with E-state index in [9.17, 15) is 19.8 Å². The van der Waals surface area contributed by atoms with Crippen molar-refractivity contribution in [2.75, 3.05) is 5.73 Å². The first-order chi connectivity index (χ1) is 9.91.